The van der Waals surface area contributed by atoms with Crippen LogP contribution < -0.4 is 11.1 Å². The lowest BCUT2D eigenvalue weighted by atomic mass is 10.1. The molecule has 0 aliphatic heterocycles. The maximum absolute atomic E-state index is 13.6. The fourth-order valence-corrected chi connectivity index (χ4v) is 4.24. The fraction of sp³-hybridized carbons (Fsp3) is 0.500. The number of rotatable bonds is 13. The number of aryl methyl sites for hydroxylation is 1. The van der Waals surface area contributed by atoms with Gasteiger partial charge >= 0.3 is 0 Å². The molecule has 3 N–H and O–H groups in total. The van der Waals surface area contributed by atoms with Gasteiger partial charge in [0.05, 0.1) is 11.0 Å². The molecule has 0 saturated carbocycles. The summed E-state index contributed by atoms with van der Waals surface area (Å²) in [6, 6.07) is 13.1. The van der Waals surface area contributed by atoms with Crippen LogP contribution in [0.5, 0.6) is 0 Å². The highest BCUT2D eigenvalue weighted by Crippen LogP contribution is 2.25. The second-order valence-corrected chi connectivity index (χ2v) is 11.0. The van der Waals surface area contributed by atoms with Gasteiger partial charge in [0.1, 0.15) is 0 Å². The number of aromatic nitrogens is 2. The topological polar surface area (TPSA) is 96.5 Å². The Kier molecular flexibility index (Phi) is 10.3. The number of fused-ring (bicyclic) bond motifs is 1. The van der Waals surface area contributed by atoms with Crippen molar-refractivity contribution in [3.63, 3.8) is 0 Å². The van der Waals surface area contributed by atoms with E-state index in [4.69, 9.17) is 10.7 Å². The summed E-state index contributed by atoms with van der Waals surface area (Å²) < 4.78 is 2.09. The van der Waals surface area contributed by atoms with E-state index < -0.39 is 0 Å². The summed E-state index contributed by atoms with van der Waals surface area (Å²) in [4.78, 5) is 34.2. The zero-order chi connectivity index (χ0) is 27.8. The Labute approximate surface area is 227 Å². The number of carbonyl (C=O) groups excluding carboxylic acids is 2. The second kappa shape index (κ2) is 13.4. The Morgan fingerprint density at radius 3 is 2.08 bits per heavy atom. The number of carbonyl (C=O) groups is 2. The van der Waals surface area contributed by atoms with Gasteiger partial charge in [-0.05, 0) is 80.1 Å². The number of amides is 2. The van der Waals surface area contributed by atoms with Gasteiger partial charge in [0.25, 0.3) is 11.8 Å². The molecule has 0 radical (unpaired) electrons. The van der Waals surface area contributed by atoms with E-state index in [1.165, 1.54) is 0 Å². The van der Waals surface area contributed by atoms with Crippen molar-refractivity contribution in [3.8, 4) is 0 Å². The SMILES string of the molecule is CC(C)CCN(CCC(C)C)C(=O)c1ccc2nc(Nc3ccc(C(=O)N(C)C)cc3)n(CCCN)c2c1. The van der Waals surface area contributed by atoms with Crippen molar-refractivity contribution < 1.29 is 9.59 Å². The van der Waals surface area contributed by atoms with E-state index in [0.717, 1.165) is 49.1 Å². The summed E-state index contributed by atoms with van der Waals surface area (Å²) in [5.41, 5.74) is 9.69. The van der Waals surface area contributed by atoms with Crippen molar-refractivity contribution in [2.45, 2.75) is 53.5 Å². The van der Waals surface area contributed by atoms with Crippen LogP contribution in [-0.2, 0) is 6.54 Å². The molecule has 0 aliphatic rings. The highest BCUT2D eigenvalue weighted by atomic mass is 16.2. The molecule has 8 nitrogen and oxygen atoms in total. The molecule has 1 aromatic heterocycles. The zero-order valence-electron chi connectivity index (χ0n) is 23.8. The fourth-order valence-electron chi connectivity index (χ4n) is 4.24. The molecule has 206 valence electrons. The Morgan fingerprint density at radius 1 is 0.921 bits per heavy atom. The van der Waals surface area contributed by atoms with Crippen LogP contribution in [0.1, 0.15) is 67.7 Å². The van der Waals surface area contributed by atoms with Crippen LogP contribution in [-0.4, -0.2) is 64.9 Å². The third-order valence-electron chi connectivity index (χ3n) is 6.62. The standard InChI is InChI=1S/C30H44N6O2/c1-21(2)14-18-35(19-15-22(3)4)29(38)24-10-13-26-27(20-24)36(17-7-16-31)30(33-26)32-25-11-8-23(9-12-25)28(37)34(5)6/h8-13,20-22H,7,14-19,31H2,1-6H3,(H,32,33). The summed E-state index contributed by atoms with van der Waals surface area (Å²) in [5.74, 6) is 1.78. The predicted molar refractivity (Wildman–Crippen MR) is 156 cm³/mol. The van der Waals surface area contributed by atoms with Gasteiger partial charge in [0, 0.05) is 50.5 Å². The molecule has 38 heavy (non-hydrogen) atoms. The average Bonchev–Trinajstić information content (AvgIpc) is 3.22. The van der Waals surface area contributed by atoms with Crippen molar-refractivity contribution in [2.75, 3.05) is 39.0 Å². The van der Waals surface area contributed by atoms with Crippen LogP contribution in [0.25, 0.3) is 11.0 Å². The highest BCUT2D eigenvalue weighted by Gasteiger charge is 2.19. The molecule has 3 aromatic rings. The minimum atomic E-state index is -0.0419. The van der Waals surface area contributed by atoms with Crippen LogP contribution in [0, 0.1) is 11.8 Å². The van der Waals surface area contributed by atoms with Crippen molar-refractivity contribution in [2.24, 2.45) is 17.6 Å². The second-order valence-electron chi connectivity index (χ2n) is 11.0. The Balaban J connectivity index is 1.92. The minimum Gasteiger partial charge on any atom is -0.345 e. The third kappa shape index (κ3) is 7.57. The van der Waals surface area contributed by atoms with E-state index in [0.29, 0.717) is 42.0 Å². The van der Waals surface area contributed by atoms with E-state index >= 15 is 0 Å². The average molecular weight is 521 g/mol. The van der Waals surface area contributed by atoms with Gasteiger partial charge in [-0.3, -0.25) is 9.59 Å². The molecule has 3 rings (SSSR count). The lowest BCUT2D eigenvalue weighted by molar-refractivity contribution is 0.0740. The summed E-state index contributed by atoms with van der Waals surface area (Å²) in [5, 5.41) is 3.39. The number of nitrogens with two attached hydrogens (primary N) is 1. The summed E-state index contributed by atoms with van der Waals surface area (Å²) in [6.45, 7) is 11.5. The van der Waals surface area contributed by atoms with Gasteiger partial charge in [0.15, 0.2) is 0 Å². The van der Waals surface area contributed by atoms with Gasteiger partial charge in [0.2, 0.25) is 5.95 Å². The first kappa shape index (κ1) is 29.2. The number of nitrogens with one attached hydrogen (secondary N) is 1. The first-order valence-corrected chi connectivity index (χ1v) is 13.7. The molecule has 2 aromatic carbocycles. The van der Waals surface area contributed by atoms with E-state index in [2.05, 4.69) is 37.6 Å². The van der Waals surface area contributed by atoms with Gasteiger partial charge in [-0.1, -0.05) is 27.7 Å². The molecule has 2 amide bonds. The van der Waals surface area contributed by atoms with Crippen molar-refractivity contribution >= 4 is 34.5 Å². The third-order valence-corrected chi connectivity index (χ3v) is 6.62. The zero-order valence-corrected chi connectivity index (χ0v) is 23.8. The molecule has 1 heterocycles. The number of anilines is 2. The molecule has 0 atom stereocenters. The largest absolute Gasteiger partial charge is 0.345 e. The molecular formula is C30H44N6O2. The Hall–Kier alpha value is -3.39. The van der Waals surface area contributed by atoms with E-state index in [1.807, 2.05) is 35.2 Å². The molecule has 0 bridgehead atoms. The van der Waals surface area contributed by atoms with Gasteiger partial charge < -0.3 is 25.4 Å². The number of imidazole rings is 1. The molecule has 0 spiro atoms. The summed E-state index contributed by atoms with van der Waals surface area (Å²) in [7, 11) is 3.47. The number of hydrogen-bond acceptors (Lipinski definition) is 5. The van der Waals surface area contributed by atoms with Gasteiger partial charge in [-0.15, -0.1) is 0 Å². The van der Waals surface area contributed by atoms with Crippen LogP contribution in [0.2, 0.25) is 0 Å². The molecule has 8 heteroatoms. The number of benzene rings is 2. The van der Waals surface area contributed by atoms with Crippen LogP contribution in [0.3, 0.4) is 0 Å². The smallest absolute Gasteiger partial charge is 0.253 e. The van der Waals surface area contributed by atoms with Crippen molar-refractivity contribution in [1.82, 2.24) is 19.4 Å². The molecular weight excluding hydrogens is 476 g/mol. The number of hydrogen-bond donors (Lipinski definition) is 2. The summed E-state index contributed by atoms with van der Waals surface area (Å²) >= 11 is 0. The molecule has 0 saturated heterocycles. The molecule has 0 fully saturated rings. The first-order chi connectivity index (χ1) is 18.1. The van der Waals surface area contributed by atoms with Crippen molar-refractivity contribution in [1.29, 1.82) is 0 Å². The monoisotopic (exact) mass is 520 g/mol. The van der Waals surface area contributed by atoms with Gasteiger partial charge in [-0.25, -0.2) is 4.98 Å². The Morgan fingerprint density at radius 2 is 1.53 bits per heavy atom. The van der Waals surface area contributed by atoms with Gasteiger partial charge in [-0.2, -0.15) is 0 Å². The Bertz CT molecular complexity index is 1200. The van der Waals surface area contributed by atoms with Crippen LogP contribution >= 0.6 is 0 Å². The predicted octanol–water partition coefficient (Wildman–Crippen LogP) is 5.36. The van der Waals surface area contributed by atoms with E-state index in [1.54, 1.807) is 31.1 Å². The lowest BCUT2D eigenvalue weighted by Gasteiger charge is -2.24. The maximum atomic E-state index is 13.6. The quantitative estimate of drug-likeness (QED) is 0.316. The van der Waals surface area contributed by atoms with Crippen molar-refractivity contribution in [3.05, 3.63) is 53.6 Å². The number of nitrogens with zero attached hydrogens (tertiary/aromatic N) is 4. The highest BCUT2D eigenvalue weighted by molar-refractivity contribution is 5.98. The molecule has 0 aliphatic carbocycles. The maximum Gasteiger partial charge on any atom is 0.253 e. The van der Waals surface area contributed by atoms with E-state index in [-0.39, 0.29) is 11.8 Å². The minimum absolute atomic E-state index is 0.0419. The normalized spacial score (nSPS) is 11.4. The first-order valence-electron chi connectivity index (χ1n) is 13.7. The summed E-state index contributed by atoms with van der Waals surface area (Å²) in [6.07, 6.45) is 2.74. The van der Waals surface area contributed by atoms with Crippen LogP contribution in [0.15, 0.2) is 42.5 Å². The van der Waals surface area contributed by atoms with Crippen LogP contribution in [0.4, 0.5) is 11.6 Å². The molecule has 0 unspecified atom stereocenters. The van der Waals surface area contributed by atoms with E-state index in [9.17, 15) is 9.59 Å². The lowest BCUT2D eigenvalue weighted by Crippen LogP contribution is -2.34.